The predicted molar refractivity (Wildman–Crippen MR) is 14.3 cm³/mol. The lowest BCUT2D eigenvalue weighted by atomic mass is 11.3. The number of aliphatic hydroxyl groups excluding tert-OH is 1. The average molecular weight is 91.0 g/mol. The van der Waals surface area contributed by atoms with Crippen LogP contribution in [0.15, 0.2) is 0 Å². The molecule has 4 heteroatoms. The van der Waals surface area contributed by atoms with Crippen LogP contribution in [0.3, 0.4) is 0 Å². The molecule has 1 radical (unpaired) electrons. The first-order valence-electron chi connectivity index (χ1n) is 1.22. The first-order chi connectivity index (χ1) is 2.77. The lowest BCUT2D eigenvalue weighted by Gasteiger charge is -1.83. The molecule has 0 saturated heterocycles. The molecule has 0 saturated carbocycles. The van der Waals surface area contributed by atoms with Gasteiger partial charge >= 0.3 is 6.16 Å². The zero-order valence-corrected chi connectivity index (χ0v) is 2.88. The molecule has 0 rings (SSSR count). The quantitative estimate of drug-likeness (QED) is 0.349. The van der Waals surface area contributed by atoms with Gasteiger partial charge in [0.2, 0.25) is 0 Å². The molecule has 0 unspecified atom stereocenters. The van der Waals surface area contributed by atoms with Crippen molar-refractivity contribution < 1.29 is 19.7 Å². The molecular weight excluding hydrogens is 88.0 g/mol. The van der Waals surface area contributed by atoms with Crippen LogP contribution in [0.5, 0.6) is 0 Å². The van der Waals surface area contributed by atoms with Gasteiger partial charge in [-0.1, -0.05) is 0 Å². The molecule has 0 atom stereocenters. The van der Waals surface area contributed by atoms with E-state index in [0.29, 0.717) is 0 Å². The highest BCUT2D eigenvalue weighted by Gasteiger charge is 1.91. The van der Waals surface area contributed by atoms with Crippen molar-refractivity contribution >= 4 is 6.16 Å². The maximum atomic E-state index is 9.11. The SMILES string of the molecule is [O]C(=O)OCO. The van der Waals surface area contributed by atoms with Crippen LogP contribution in [0, 0.1) is 0 Å². The molecule has 1 N–H and O–H groups in total. The van der Waals surface area contributed by atoms with Gasteiger partial charge in [-0.2, -0.15) is 9.90 Å². The highest BCUT2D eigenvalue weighted by Crippen LogP contribution is 1.68. The Hall–Kier alpha value is -0.770. The molecule has 0 heterocycles. The van der Waals surface area contributed by atoms with Crippen molar-refractivity contribution in [2.75, 3.05) is 6.79 Å². The molecule has 6 heavy (non-hydrogen) atoms. The minimum absolute atomic E-state index is 0.831. The number of ether oxygens (including phenoxy) is 1. The fourth-order valence-corrected chi connectivity index (χ4v) is 0.0527. The summed E-state index contributed by atoms with van der Waals surface area (Å²) < 4.78 is 3.40. The number of hydrogen-bond acceptors (Lipinski definition) is 3. The molecule has 0 aliphatic heterocycles. The molecule has 0 aromatic carbocycles. The topological polar surface area (TPSA) is 66.4 Å². The van der Waals surface area contributed by atoms with E-state index >= 15 is 0 Å². The van der Waals surface area contributed by atoms with Crippen LogP contribution in [0.25, 0.3) is 0 Å². The standard InChI is InChI=1S/C2H3O4/c3-1-6-2(4)5/h3H,1H2. The second kappa shape index (κ2) is 2.47. The van der Waals surface area contributed by atoms with Crippen LogP contribution in [-0.4, -0.2) is 18.1 Å². The summed E-state index contributed by atoms with van der Waals surface area (Å²) in [4.78, 5) is 9.11. The lowest BCUT2D eigenvalue weighted by Crippen LogP contribution is -1.97. The fourth-order valence-electron chi connectivity index (χ4n) is 0.0527. The van der Waals surface area contributed by atoms with Gasteiger partial charge in [0.25, 0.3) is 0 Å². The zero-order chi connectivity index (χ0) is 4.99. The Morgan fingerprint density at radius 1 is 1.83 bits per heavy atom. The first kappa shape index (κ1) is 5.23. The second-order valence-corrected chi connectivity index (χ2v) is 0.523. The minimum Gasteiger partial charge on any atom is -0.405 e. The van der Waals surface area contributed by atoms with Crippen molar-refractivity contribution in [1.29, 1.82) is 0 Å². The third-order valence-electron chi connectivity index (χ3n) is 0.182. The van der Waals surface area contributed by atoms with Crippen molar-refractivity contribution in [1.82, 2.24) is 0 Å². The molecule has 0 aromatic heterocycles. The predicted octanol–water partition coefficient (Wildman–Crippen LogP) is -0.497. The number of carbonyl (C=O) groups is 1. The Bertz CT molecular complexity index is 49.5. The second-order valence-electron chi connectivity index (χ2n) is 0.523. The van der Waals surface area contributed by atoms with Crippen LogP contribution in [0.1, 0.15) is 0 Å². The third kappa shape index (κ3) is 3.23. The molecule has 0 bridgehead atoms. The molecule has 0 spiro atoms. The fraction of sp³-hybridized carbons (Fsp3) is 0.500. The van der Waals surface area contributed by atoms with Gasteiger partial charge in [-0.05, 0) is 0 Å². The van der Waals surface area contributed by atoms with Gasteiger partial charge in [-0.15, -0.1) is 0 Å². The molecule has 0 amide bonds. The Morgan fingerprint density at radius 3 is 2.33 bits per heavy atom. The van der Waals surface area contributed by atoms with Gasteiger partial charge in [-0.25, -0.2) is 0 Å². The summed E-state index contributed by atoms with van der Waals surface area (Å²) in [5.41, 5.74) is 0. The van der Waals surface area contributed by atoms with E-state index in [1.165, 1.54) is 0 Å². The van der Waals surface area contributed by atoms with E-state index in [4.69, 9.17) is 15.0 Å². The van der Waals surface area contributed by atoms with Gasteiger partial charge in [0.1, 0.15) is 0 Å². The van der Waals surface area contributed by atoms with E-state index in [1.54, 1.807) is 0 Å². The third-order valence-corrected chi connectivity index (χ3v) is 0.182. The molecule has 0 fully saturated rings. The molecule has 0 aromatic rings. The average Bonchev–Trinajstić information content (AvgIpc) is 1.35. The number of hydrogen-bond donors (Lipinski definition) is 1. The summed E-state index contributed by atoms with van der Waals surface area (Å²) in [7, 11) is 0. The highest BCUT2D eigenvalue weighted by atomic mass is 16.7. The maximum absolute atomic E-state index is 9.11. The number of rotatable bonds is 1. The van der Waals surface area contributed by atoms with Crippen LogP contribution in [0.2, 0.25) is 0 Å². The summed E-state index contributed by atoms with van der Waals surface area (Å²) >= 11 is 0. The maximum Gasteiger partial charge on any atom is 0.552 e. The number of carbonyl (C=O) groups excluding carboxylic acids is 1. The van der Waals surface area contributed by atoms with Gasteiger partial charge in [-0.3, -0.25) is 0 Å². The molecular formula is C2H3O4. The summed E-state index contributed by atoms with van der Waals surface area (Å²) in [6.45, 7) is -0.831. The van der Waals surface area contributed by atoms with Crippen molar-refractivity contribution in [2.45, 2.75) is 0 Å². The minimum atomic E-state index is -1.71. The smallest absolute Gasteiger partial charge is 0.405 e. The van der Waals surface area contributed by atoms with E-state index in [2.05, 4.69) is 4.74 Å². The Kier molecular flexibility index (Phi) is 2.15. The number of aliphatic hydroxyl groups is 1. The summed E-state index contributed by atoms with van der Waals surface area (Å²) in [6, 6.07) is 0. The van der Waals surface area contributed by atoms with Gasteiger partial charge < -0.3 is 9.84 Å². The summed E-state index contributed by atoms with van der Waals surface area (Å²) in [5, 5.41) is 16.7. The molecule has 4 nitrogen and oxygen atoms in total. The van der Waals surface area contributed by atoms with Crippen LogP contribution in [-0.2, 0) is 9.84 Å². The first-order valence-corrected chi connectivity index (χ1v) is 1.22. The van der Waals surface area contributed by atoms with E-state index in [1.807, 2.05) is 0 Å². The Balaban J connectivity index is 2.83. The van der Waals surface area contributed by atoms with Gasteiger partial charge in [0.05, 0.1) is 0 Å². The van der Waals surface area contributed by atoms with Crippen molar-refractivity contribution in [3.8, 4) is 0 Å². The summed E-state index contributed by atoms with van der Waals surface area (Å²) in [5.74, 6) is 0. The zero-order valence-electron chi connectivity index (χ0n) is 2.88. The Morgan fingerprint density at radius 2 is 2.33 bits per heavy atom. The Labute approximate surface area is 34.0 Å². The normalized spacial score (nSPS) is 7.50. The van der Waals surface area contributed by atoms with E-state index in [-0.39, 0.29) is 0 Å². The highest BCUT2D eigenvalue weighted by molar-refractivity contribution is 5.55. The van der Waals surface area contributed by atoms with Crippen molar-refractivity contribution in [2.24, 2.45) is 0 Å². The van der Waals surface area contributed by atoms with Crippen LogP contribution >= 0.6 is 0 Å². The van der Waals surface area contributed by atoms with E-state index < -0.39 is 12.9 Å². The summed E-state index contributed by atoms with van der Waals surface area (Å²) in [6.07, 6.45) is -1.71. The molecule has 0 aliphatic carbocycles. The van der Waals surface area contributed by atoms with Gasteiger partial charge in [0.15, 0.2) is 6.79 Å². The van der Waals surface area contributed by atoms with Gasteiger partial charge in [0, 0.05) is 0 Å². The van der Waals surface area contributed by atoms with Crippen molar-refractivity contribution in [3.05, 3.63) is 0 Å². The largest absolute Gasteiger partial charge is 0.552 e. The van der Waals surface area contributed by atoms with Crippen molar-refractivity contribution in [3.63, 3.8) is 0 Å². The lowest BCUT2D eigenvalue weighted by molar-refractivity contribution is -0.000148. The molecule has 35 valence electrons. The van der Waals surface area contributed by atoms with Crippen LogP contribution in [0.4, 0.5) is 4.79 Å². The monoisotopic (exact) mass is 91.0 g/mol. The molecule has 0 aliphatic rings. The van der Waals surface area contributed by atoms with E-state index in [9.17, 15) is 0 Å². The van der Waals surface area contributed by atoms with E-state index in [0.717, 1.165) is 0 Å². The van der Waals surface area contributed by atoms with Crippen LogP contribution < -0.4 is 0 Å².